The first-order valence-electron chi connectivity index (χ1n) is 8.08. The molecular formula is C16H23ClN4O4S. The van der Waals surface area contributed by atoms with Gasteiger partial charge in [-0.05, 0) is 31.3 Å². The fraction of sp³-hybridized carbons (Fsp3) is 0.500. The van der Waals surface area contributed by atoms with Crippen molar-refractivity contribution in [2.24, 2.45) is 0 Å². The number of likely N-dealkylation sites (N-methyl/N-ethyl adjacent to an activating group) is 1. The lowest BCUT2D eigenvalue weighted by Crippen LogP contribution is -2.44. The van der Waals surface area contributed by atoms with Crippen LogP contribution >= 0.6 is 12.4 Å². The number of methoxy groups -OCH3 is 1. The molecule has 144 valence electrons. The summed E-state index contributed by atoms with van der Waals surface area (Å²) in [6.07, 6.45) is 0. The summed E-state index contributed by atoms with van der Waals surface area (Å²) in [5, 5.41) is 7.39. The molecule has 0 radical (unpaired) electrons. The normalized spacial score (nSPS) is 18.5. The molecule has 2 heterocycles. The van der Waals surface area contributed by atoms with Crippen LogP contribution in [0.15, 0.2) is 33.7 Å². The molecule has 0 spiro atoms. The zero-order chi connectivity index (χ0) is 17.9. The zero-order valence-electron chi connectivity index (χ0n) is 14.7. The second kappa shape index (κ2) is 8.92. The van der Waals surface area contributed by atoms with Crippen LogP contribution in [0.2, 0.25) is 0 Å². The Morgan fingerprint density at radius 2 is 2.08 bits per heavy atom. The lowest BCUT2D eigenvalue weighted by Gasteiger charge is -2.30. The van der Waals surface area contributed by atoms with E-state index in [4.69, 9.17) is 9.26 Å². The first kappa shape index (κ1) is 20.8. The maximum absolute atomic E-state index is 12.1. The van der Waals surface area contributed by atoms with Crippen molar-refractivity contribution in [3.8, 4) is 11.5 Å². The van der Waals surface area contributed by atoms with Crippen molar-refractivity contribution < 1.29 is 17.7 Å². The van der Waals surface area contributed by atoms with Crippen molar-refractivity contribution in [3.63, 3.8) is 0 Å². The number of sulfone groups is 1. The Kier molecular flexibility index (Phi) is 7.13. The van der Waals surface area contributed by atoms with Crippen molar-refractivity contribution in [1.82, 2.24) is 20.4 Å². The van der Waals surface area contributed by atoms with Gasteiger partial charge in [-0.25, -0.2) is 8.42 Å². The van der Waals surface area contributed by atoms with Crippen molar-refractivity contribution in [1.29, 1.82) is 0 Å². The van der Waals surface area contributed by atoms with Gasteiger partial charge >= 0.3 is 0 Å². The third kappa shape index (κ3) is 4.60. The van der Waals surface area contributed by atoms with Crippen molar-refractivity contribution in [3.05, 3.63) is 30.1 Å². The Morgan fingerprint density at radius 1 is 1.35 bits per heavy atom. The number of piperazine rings is 1. The van der Waals surface area contributed by atoms with Crippen molar-refractivity contribution >= 4 is 22.2 Å². The van der Waals surface area contributed by atoms with Gasteiger partial charge in [-0.2, -0.15) is 4.98 Å². The van der Waals surface area contributed by atoms with Gasteiger partial charge in [0.15, 0.2) is 15.7 Å². The maximum atomic E-state index is 12.1. The van der Waals surface area contributed by atoms with Crippen LogP contribution in [-0.4, -0.2) is 69.6 Å². The number of nitrogens with one attached hydrogen (secondary N) is 1. The molecule has 1 atom stereocenters. The van der Waals surface area contributed by atoms with Crippen molar-refractivity contribution in [2.45, 2.75) is 10.9 Å². The van der Waals surface area contributed by atoms with Crippen LogP contribution in [0.25, 0.3) is 11.5 Å². The molecular weight excluding hydrogens is 380 g/mol. The van der Waals surface area contributed by atoms with Gasteiger partial charge in [0.05, 0.1) is 23.3 Å². The van der Waals surface area contributed by atoms with Gasteiger partial charge in [0, 0.05) is 32.3 Å². The summed E-state index contributed by atoms with van der Waals surface area (Å²) in [6, 6.07) is 6.54. The second-order valence-corrected chi connectivity index (χ2v) is 8.10. The standard InChI is InChI=1S/C16H22N4O4S.ClH/c1-20-8-7-17-11-14(20)15-18-16(24-19-15)12-3-5-13(6-4-12)25(21,22)10-9-23-2;/h3-6,14,17H,7-11H2,1-2H3;1H. The number of benzene rings is 1. The predicted molar refractivity (Wildman–Crippen MR) is 99.2 cm³/mol. The van der Waals surface area contributed by atoms with Crippen LogP contribution < -0.4 is 5.32 Å². The predicted octanol–water partition coefficient (Wildman–Crippen LogP) is 1.15. The SMILES string of the molecule is COCCS(=O)(=O)c1ccc(-c2nc(C3CNCCN3C)no2)cc1.Cl. The Hall–Kier alpha value is -1.52. The number of rotatable bonds is 6. The van der Waals surface area contributed by atoms with Gasteiger partial charge in [0.2, 0.25) is 0 Å². The van der Waals surface area contributed by atoms with E-state index in [-0.39, 0.29) is 35.7 Å². The molecule has 1 N–H and O–H groups in total. The molecule has 0 bridgehead atoms. The lowest BCUT2D eigenvalue weighted by atomic mass is 10.2. The van der Waals surface area contributed by atoms with Crippen LogP contribution in [-0.2, 0) is 14.6 Å². The van der Waals surface area contributed by atoms with Gasteiger partial charge in [-0.1, -0.05) is 5.16 Å². The summed E-state index contributed by atoms with van der Waals surface area (Å²) < 4.78 is 34.5. The minimum atomic E-state index is -3.35. The number of aromatic nitrogens is 2. The molecule has 1 aromatic heterocycles. The average Bonchev–Trinajstić information content (AvgIpc) is 3.10. The third-order valence-corrected chi connectivity index (χ3v) is 5.96. The third-order valence-electron chi connectivity index (χ3n) is 4.27. The van der Waals surface area contributed by atoms with E-state index in [0.717, 1.165) is 19.6 Å². The van der Waals surface area contributed by atoms with E-state index in [1.165, 1.54) is 7.11 Å². The van der Waals surface area contributed by atoms with E-state index >= 15 is 0 Å². The smallest absolute Gasteiger partial charge is 0.257 e. The molecule has 1 aliphatic heterocycles. The fourth-order valence-electron chi connectivity index (χ4n) is 2.70. The highest BCUT2D eigenvalue weighted by Crippen LogP contribution is 2.24. The molecule has 2 aromatic rings. The molecule has 10 heteroatoms. The first-order chi connectivity index (χ1) is 12.0. The first-order valence-corrected chi connectivity index (χ1v) is 9.73. The van der Waals surface area contributed by atoms with E-state index in [1.54, 1.807) is 24.3 Å². The minimum Gasteiger partial charge on any atom is -0.384 e. The summed E-state index contributed by atoms with van der Waals surface area (Å²) >= 11 is 0. The number of hydrogen-bond acceptors (Lipinski definition) is 8. The summed E-state index contributed by atoms with van der Waals surface area (Å²) in [7, 11) is 0.159. The van der Waals surface area contributed by atoms with Gasteiger partial charge in [0.1, 0.15) is 0 Å². The largest absolute Gasteiger partial charge is 0.384 e. The highest BCUT2D eigenvalue weighted by Gasteiger charge is 2.25. The van der Waals surface area contributed by atoms with Gasteiger partial charge < -0.3 is 14.6 Å². The monoisotopic (exact) mass is 402 g/mol. The second-order valence-electron chi connectivity index (χ2n) is 5.99. The molecule has 1 aromatic carbocycles. The molecule has 1 fully saturated rings. The van der Waals surface area contributed by atoms with Gasteiger partial charge in [0.25, 0.3) is 5.89 Å². The maximum Gasteiger partial charge on any atom is 0.257 e. The Morgan fingerprint density at radius 3 is 2.73 bits per heavy atom. The Balaban J connectivity index is 0.00000243. The van der Waals surface area contributed by atoms with Crippen LogP contribution in [0.3, 0.4) is 0 Å². The lowest BCUT2D eigenvalue weighted by molar-refractivity contribution is 0.190. The van der Waals surface area contributed by atoms with Gasteiger partial charge in [-0.3, -0.25) is 4.90 Å². The zero-order valence-corrected chi connectivity index (χ0v) is 16.3. The van der Waals surface area contributed by atoms with Crippen LogP contribution in [0.5, 0.6) is 0 Å². The van der Waals surface area contributed by atoms with Crippen LogP contribution in [0.4, 0.5) is 0 Å². The van der Waals surface area contributed by atoms with E-state index in [2.05, 4.69) is 20.4 Å². The highest BCUT2D eigenvalue weighted by atomic mass is 35.5. The van der Waals surface area contributed by atoms with Crippen molar-refractivity contribution in [2.75, 3.05) is 46.2 Å². The van der Waals surface area contributed by atoms with E-state index in [0.29, 0.717) is 17.3 Å². The summed E-state index contributed by atoms with van der Waals surface area (Å²) in [4.78, 5) is 6.90. The summed E-state index contributed by atoms with van der Waals surface area (Å²) in [5.41, 5.74) is 0.691. The highest BCUT2D eigenvalue weighted by molar-refractivity contribution is 7.91. The quantitative estimate of drug-likeness (QED) is 0.768. The number of hydrogen-bond donors (Lipinski definition) is 1. The summed E-state index contributed by atoms with van der Waals surface area (Å²) in [6.45, 7) is 2.80. The van der Waals surface area contributed by atoms with E-state index < -0.39 is 9.84 Å². The topological polar surface area (TPSA) is 97.6 Å². The fourth-order valence-corrected chi connectivity index (χ4v) is 3.87. The number of nitrogens with zero attached hydrogens (tertiary/aromatic N) is 3. The number of ether oxygens (including phenoxy) is 1. The minimum absolute atomic E-state index is 0. The molecule has 1 saturated heterocycles. The van der Waals surface area contributed by atoms with E-state index in [1.807, 2.05) is 7.05 Å². The molecule has 8 nitrogen and oxygen atoms in total. The summed E-state index contributed by atoms with van der Waals surface area (Å²) in [5.74, 6) is 0.963. The molecule has 0 aliphatic carbocycles. The van der Waals surface area contributed by atoms with Gasteiger partial charge in [-0.15, -0.1) is 12.4 Å². The van der Waals surface area contributed by atoms with E-state index in [9.17, 15) is 8.42 Å². The van der Waals surface area contributed by atoms with Crippen LogP contribution in [0, 0.1) is 0 Å². The number of halogens is 1. The average molecular weight is 403 g/mol. The molecule has 0 amide bonds. The van der Waals surface area contributed by atoms with Crippen LogP contribution in [0.1, 0.15) is 11.9 Å². The molecule has 0 saturated carbocycles. The Labute approximate surface area is 159 Å². The molecule has 1 unspecified atom stereocenters. The molecule has 3 rings (SSSR count). The molecule has 1 aliphatic rings. The molecule has 26 heavy (non-hydrogen) atoms. The Bertz CT molecular complexity index is 810.